The highest BCUT2D eigenvalue weighted by molar-refractivity contribution is 7.90. The van der Waals surface area contributed by atoms with Crippen LogP contribution in [0.4, 0.5) is 11.4 Å². The summed E-state index contributed by atoms with van der Waals surface area (Å²) in [5.74, 6) is -1.28. The molecule has 3 atom stereocenters. The lowest BCUT2D eigenvalue weighted by Gasteiger charge is -2.40. The summed E-state index contributed by atoms with van der Waals surface area (Å²) in [7, 11) is -4.16. The predicted octanol–water partition coefficient (Wildman–Crippen LogP) is 9.32. The number of nitrogens with zero attached hydrogens (tertiary/aromatic N) is 5. The third-order valence-corrected chi connectivity index (χ3v) is 18.2. The number of fused-ring (bicyclic) bond motifs is 1. The minimum Gasteiger partial charge on any atom is -0.381 e. The summed E-state index contributed by atoms with van der Waals surface area (Å²) in [6.45, 7) is 30.0. The minimum atomic E-state index is -4.16. The summed E-state index contributed by atoms with van der Waals surface area (Å²) in [6, 6.07) is 16.7. The molecule has 5 aliphatic rings. The van der Waals surface area contributed by atoms with Crippen molar-refractivity contribution in [3.8, 4) is 0 Å². The standard InChI is InChI=1S/C60H82N8O6S2/c1-8-47(25-28-65-31-29-64(30-32-65)27-11-9-10-13-44-14-12-15-50-55(44)59(72)68(58(50)71)53-23-16-43(5)61-57(53)70)62-52-22-21-49(38-54(52)75)76(73,74)63-56(69)45-17-19-48(20-18-45)67-35-33-66(34-36-67)40-46-24-26-60(6,7)39-51(46)42(4)37-41(2)3/h12,14-15,17-22,38,42,47,53,62,75H,2,5,8-11,13,16,23-37,39-40H2,1,3-4,6-7H3,(H,61,70)(H,63,69). The molecule has 4 amide bonds. The van der Waals surface area contributed by atoms with E-state index in [1.54, 1.807) is 35.4 Å². The number of thiol groups is 1. The van der Waals surface area contributed by atoms with Gasteiger partial charge in [-0.2, -0.15) is 0 Å². The van der Waals surface area contributed by atoms with Gasteiger partial charge in [-0.3, -0.25) is 29.0 Å². The van der Waals surface area contributed by atoms with Gasteiger partial charge in [-0.1, -0.05) is 69.5 Å². The Hall–Kier alpha value is -5.26. The quantitative estimate of drug-likeness (QED) is 0.0330. The number of anilines is 2. The van der Waals surface area contributed by atoms with Crippen molar-refractivity contribution < 1.29 is 27.6 Å². The Labute approximate surface area is 458 Å². The molecule has 3 N–H and O–H groups in total. The first-order chi connectivity index (χ1) is 36.3. The fraction of sp³-hybridized carbons (Fsp3) is 0.533. The number of aryl methyl sites for hydroxylation is 1. The molecule has 0 saturated carbocycles. The average molecular weight is 1080 g/mol. The fourth-order valence-corrected chi connectivity index (χ4v) is 13.3. The number of amides is 4. The molecule has 4 heterocycles. The summed E-state index contributed by atoms with van der Waals surface area (Å²) in [5, 5.41) is 6.28. The van der Waals surface area contributed by atoms with E-state index < -0.39 is 27.9 Å². The Kier molecular flexibility index (Phi) is 18.7. The number of piperidine rings is 1. The molecule has 3 saturated heterocycles. The van der Waals surface area contributed by atoms with Crippen molar-refractivity contribution in [1.29, 1.82) is 0 Å². The van der Waals surface area contributed by atoms with Gasteiger partial charge in [-0.25, -0.2) is 13.1 Å². The smallest absolute Gasteiger partial charge is 0.264 e. The van der Waals surface area contributed by atoms with Crippen LogP contribution in [-0.4, -0.2) is 136 Å². The third kappa shape index (κ3) is 14.1. The molecule has 3 aromatic rings. The molecule has 0 bridgehead atoms. The topological polar surface area (TPSA) is 155 Å². The molecule has 4 aliphatic heterocycles. The van der Waals surface area contributed by atoms with Crippen molar-refractivity contribution in [2.45, 2.75) is 134 Å². The summed E-state index contributed by atoms with van der Waals surface area (Å²) in [4.78, 5) is 64.3. The molecule has 1 aliphatic carbocycles. The number of benzene rings is 3. The molecule has 410 valence electrons. The van der Waals surface area contributed by atoms with Crippen molar-refractivity contribution in [3.05, 3.63) is 118 Å². The number of piperazine rings is 2. The van der Waals surface area contributed by atoms with Crippen LogP contribution in [0.15, 0.2) is 106 Å². The minimum absolute atomic E-state index is 0.0260. The number of imide groups is 1. The number of nitrogens with one attached hydrogen (secondary N) is 3. The maximum Gasteiger partial charge on any atom is 0.264 e. The van der Waals surface area contributed by atoms with Crippen molar-refractivity contribution in [3.63, 3.8) is 0 Å². The molecule has 3 fully saturated rings. The summed E-state index contributed by atoms with van der Waals surface area (Å²) in [6.07, 6.45) is 11.0. The SMILES string of the molecule is C=C(C)CC(C)C1=C(CN2CCN(c3ccc(C(=O)NS(=O)(=O)c4ccc(NC(CC)CCN5CCN(CCCCCc6cccc7c6C(=O)N(C6CCC(=C)NC6=O)C7=O)CC5)c(S)c4)cc3)CC2)CCC(C)(C)C1. The highest BCUT2D eigenvalue weighted by Gasteiger charge is 2.45. The Balaban J connectivity index is 0.731. The number of unbranched alkanes of at least 4 members (excludes halogenated alkanes) is 2. The van der Waals surface area contributed by atoms with Crippen LogP contribution < -0.4 is 20.3 Å². The van der Waals surface area contributed by atoms with E-state index in [1.807, 2.05) is 24.3 Å². The first-order valence-electron chi connectivity index (χ1n) is 27.8. The van der Waals surface area contributed by atoms with E-state index in [2.05, 4.69) is 95.4 Å². The van der Waals surface area contributed by atoms with Crippen LogP contribution >= 0.6 is 12.6 Å². The van der Waals surface area contributed by atoms with Gasteiger partial charge in [-0.05, 0) is 150 Å². The second-order valence-electron chi connectivity index (χ2n) is 23.0. The van der Waals surface area contributed by atoms with Crippen LogP contribution in [0.25, 0.3) is 0 Å². The van der Waals surface area contributed by atoms with E-state index >= 15 is 0 Å². The zero-order valence-electron chi connectivity index (χ0n) is 45.7. The van der Waals surface area contributed by atoms with E-state index in [-0.39, 0.29) is 28.3 Å². The second kappa shape index (κ2) is 25.0. The highest BCUT2D eigenvalue weighted by Crippen LogP contribution is 2.43. The van der Waals surface area contributed by atoms with Gasteiger partial charge in [0.15, 0.2) is 0 Å². The molecule has 14 nitrogen and oxygen atoms in total. The Morgan fingerprint density at radius 1 is 0.882 bits per heavy atom. The Morgan fingerprint density at radius 3 is 2.25 bits per heavy atom. The number of hydrogen-bond acceptors (Lipinski definition) is 12. The van der Waals surface area contributed by atoms with E-state index in [4.69, 9.17) is 0 Å². The lowest BCUT2D eigenvalue weighted by atomic mass is 9.70. The zero-order chi connectivity index (χ0) is 54.3. The molecule has 8 rings (SSSR count). The van der Waals surface area contributed by atoms with E-state index in [0.29, 0.717) is 52.3 Å². The van der Waals surface area contributed by atoms with Gasteiger partial charge in [0.25, 0.3) is 27.7 Å². The zero-order valence-corrected chi connectivity index (χ0v) is 47.4. The van der Waals surface area contributed by atoms with Gasteiger partial charge in [-0.15, -0.1) is 19.2 Å². The normalized spacial score (nSPS) is 20.6. The lowest BCUT2D eigenvalue weighted by molar-refractivity contribution is -0.125. The summed E-state index contributed by atoms with van der Waals surface area (Å²) in [5.41, 5.74) is 9.19. The molecule has 0 aromatic heterocycles. The molecule has 76 heavy (non-hydrogen) atoms. The number of hydrogen-bond donors (Lipinski definition) is 4. The van der Waals surface area contributed by atoms with Crippen LogP contribution in [-0.2, 0) is 21.2 Å². The van der Waals surface area contributed by atoms with Crippen LogP contribution in [0.3, 0.4) is 0 Å². The van der Waals surface area contributed by atoms with Crippen LogP contribution in [0.5, 0.6) is 0 Å². The highest BCUT2D eigenvalue weighted by atomic mass is 32.2. The Bertz CT molecular complexity index is 2790. The Morgan fingerprint density at radius 2 is 1.58 bits per heavy atom. The molecule has 0 spiro atoms. The monoisotopic (exact) mass is 1070 g/mol. The van der Waals surface area contributed by atoms with E-state index in [1.165, 1.54) is 24.1 Å². The van der Waals surface area contributed by atoms with Gasteiger partial charge >= 0.3 is 0 Å². The van der Waals surface area contributed by atoms with Crippen LogP contribution in [0.1, 0.15) is 142 Å². The maximum atomic E-state index is 13.5. The van der Waals surface area contributed by atoms with E-state index in [9.17, 15) is 27.6 Å². The van der Waals surface area contributed by atoms with Crippen molar-refractivity contribution >= 4 is 57.7 Å². The first kappa shape index (κ1) is 56.9. The largest absolute Gasteiger partial charge is 0.381 e. The average Bonchev–Trinajstić information content (AvgIpc) is 3.64. The second-order valence-corrected chi connectivity index (χ2v) is 25.1. The molecule has 3 aromatic carbocycles. The first-order valence-corrected chi connectivity index (χ1v) is 29.7. The van der Waals surface area contributed by atoms with Gasteiger partial charge < -0.3 is 25.3 Å². The molecule has 3 unspecified atom stereocenters. The van der Waals surface area contributed by atoms with Crippen molar-refractivity contribution in [2.24, 2.45) is 11.3 Å². The van der Waals surface area contributed by atoms with E-state index in [0.717, 1.165) is 145 Å². The van der Waals surface area contributed by atoms with Gasteiger partial charge in [0.1, 0.15) is 6.04 Å². The number of carbonyl (C=O) groups is 4. The number of allylic oxidation sites excluding steroid dienone is 3. The lowest BCUT2D eigenvalue weighted by Crippen LogP contribution is -2.51. The number of sulfonamides is 1. The van der Waals surface area contributed by atoms with Crippen LogP contribution in [0, 0.1) is 11.3 Å². The molecular weight excluding hydrogens is 993 g/mol. The summed E-state index contributed by atoms with van der Waals surface area (Å²) >= 11 is 4.68. The maximum absolute atomic E-state index is 13.5. The molecule has 0 radical (unpaired) electrons. The predicted molar refractivity (Wildman–Crippen MR) is 307 cm³/mol. The molecule has 16 heteroatoms. The molecular formula is C60H82N8O6S2. The summed E-state index contributed by atoms with van der Waals surface area (Å²) < 4.78 is 29.3. The van der Waals surface area contributed by atoms with Crippen LogP contribution in [0.2, 0.25) is 0 Å². The number of carbonyl (C=O) groups excluding carboxylic acids is 4. The van der Waals surface area contributed by atoms with Gasteiger partial charge in [0.2, 0.25) is 5.91 Å². The van der Waals surface area contributed by atoms with Gasteiger partial charge in [0, 0.05) is 99.0 Å². The van der Waals surface area contributed by atoms with Crippen molar-refractivity contribution in [1.82, 2.24) is 29.6 Å². The van der Waals surface area contributed by atoms with Crippen molar-refractivity contribution in [2.75, 3.05) is 82.2 Å². The third-order valence-electron chi connectivity index (χ3n) is 16.5. The fourth-order valence-electron chi connectivity index (χ4n) is 11.9. The number of rotatable bonds is 22. The van der Waals surface area contributed by atoms with Gasteiger partial charge in [0.05, 0.1) is 16.0 Å².